The van der Waals surface area contributed by atoms with Gasteiger partial charge in [-0.15, -0.1) is 0 Å². The molecule has 1 fully saturated rings. The SMILES string of the molecule is O=C(C1CC1)C(F)C(O)(O)C(F)(F)F. The Morgan fingerprint density at radius 3 is 2.00 bits per heavy atom. The fourth-order valence-corrected chi connectivity index (χ4v) is 0.917. The van der Waals surface area contributed by atoms with Gasteiger partial charge in [-0.25, -0.2) is 4.39 Å². The van der Waals surface area contributed by atoms with Crippen LogP contribution in [0.1, 0.15) is 12.8 Å². The maximum absolute atomic E-state index is 12.8. The van der Waals surface area contributed by atoms with E-state index in [4.69, 9.17) is 10.2 Å². The molecular formula is C7H8F4O3. The monoisotopic (exact) mass is 216 g/mol. The molecule has 1 aliphatic carbocycles. The van der Waals surface area contributed by atoms with E-state index in [0.717, 1.165) is 0 Å². The lowest BCUT2D eigenvalue weighted by Gasteiger charge is -2.26. The molecule has 0 amide bonds. The molecule has 1 aliphatic rings. The Morgan fingerprint density at radius 1 is 1.29 bits per heavy atom. The number of rotatable bonds is 3. The van der Waals surface area contributed by atoms with Crippen molar-refractivity contribution in [3.8, 4) is 0 Å². The van der Waals surface area contributed by atoms with Crippen molar-refractivity contribution >= 4 is 5.78 Å². The summed E-state index contributed by atoms with van der Waals surface area (Å²) < 4.78 is 48.3. The third kappa shape index (κ3) is 1.88. The first-order valence-corrected chi connectivity index (χ1v) is 3.87. The van der Waals surface area contributed by atoms with Gasteiger partial charge in [0.2, 0.25) is 6.17 Å². The Balaban J connectivity index is 2.75. The predicted octanol–water partition coefficient (Wildman–Crippen LogP) is 0.547. The van der Waals surface area contributed by atoms with Gasteiger partial charge in [0.1, 0.15) is 0 Å². The minimum atomic E-state index is -5.57. The average molecular weight is 216 g/mol. The lowest BCUT2D eigenvalue weighted by atomic mass is 10.0. The fourth-order valence-electron chi connectivity index (χ4n) is 0.917. The highest BCUT2D eigenvalue weighted by Gasteiger charge is 2.62. The highest BCUT2D eigenvalue weighted by atomic mass is 19.4. The third-order valence-corrected chi connectivity index (χ3v) is 2.00. The fraction of sp³-hybridized carbons (Fsp3) is 0.857. The summed E-state index contributed by atoms with van der Waals surface area (Å²) >= 11 is 0. The van der Waals surface area contributed by atoms with Crippen LogP contribution in [0, 0.1) is 5.92 Å². The van der Waals surface area contributed by atoms with Gasteiger partial charge >= 0.3 is 12.0 Å². The van der Waals surface area contributed by atoms with Crippen LogP contribution in [0.15, 0.2) is 0 Å². The Bertz CT molecular complexity index is 244. The van der Waals surface area contributed by atoms with Crippen LogP contribution in [-0.2, 0) is 4.79 Å². The molecule has 0 spiro atoms. The molecule has 0 bridgehead atoms. The Labute approximate surface area is 76.3 Å². The van der Waals surface area contributed by atoms with E-state index >= 15 is 0 Å². The molecule has 7 heteroatoms. The van der Waals surface area contributed by atoms with Crippen molar-refractivity contribution < 1.29 is 32.6 Å². The van der Waals surface area contributed by atoms with Crippen LogP contribution in [0.5, 0.6) is 0 Å². The van der Waals surface area contributed by atoms with Crippen LogP contribution in [0.25, 0.3) is 0 Å². The largest absolute Gasteiger partial charge is 0.446 e. The molecule has 0 aromatic carbocycles. The van der Waals surface area contributed by atoms with Gasteiger partial charge < -0.3 is 10.2 Å². The number of carbonyl (C=O) groups excluding carboxylic acids is 1. The molecule has 0 saturated heterocycles. The summed E-state index contributed by atoms with van der Waals surface area (Å²) in [4.78, 5) is 10.8. The minimum absolute atomic E-state index is 0.299. The normalized spacial score (nSPS) is 20.7. The van der Waals surface area contributed by atoms with Gasteiger partial charge in [0.25, 0.3) is 0 Å². The van der Waals surface area contributed by atoms with Gasteiger partial charge in [-0.05, 0) is 12.8 Å². The van der Waals surface area contributed by atoms with E-state index in [9.17, 15) is 22.4 Å². The zero-order chi connectivity index (χ0) is 11.1. The number of aliphatic hydroxyl groups is 2. The molecule has 0 aromatic heterocycles. The van der Waals surface area contributed by atoms with E-state index in [2.05, 4.69) is 0 Å². The average Bonchev–Trinajstić information content (AvgIpc) is 2.81. The van der Waals surface area contributed by atoms with Gasteiger partial charge in [0.05, 0.1) is 0 Å². The number of ketones is 1. The van der Waals surface area contributed by atoms with Gasteiger partial charge in [0.15, 0.2) is 5.78 Å². The molecule has 1 atom stereocenters. The Morgan fingerprint density at radius 2 is 1.71 bits per heavy atom. The van der Waals surface area contributed by atoms with Crippen LogP contribution >= 0.6 is 0 Å². The smallest absolute Gasteiger partial charge is 0.356 e. The van der Waals surface area contributed by atoms with Crippen molar-refractivity contribution in [3.05, 3.63) is 0 Å². The summed E-state index contributed by atoms with van der Waals surface area (Å²) in [5.74, 6) is -6.77. The van der Waals surface area contributed by atoms with E-state index in [-0.39, 0.29) is 0 Å². The van der Waals surface area contributed by atoms with Gasteiger partial charge in [-0.3, -0.25) is 4.79 Å². The van der Waals surface area contributed by atoms with E-state index in [1.165, 1.54) is 0 Å². The van der Waals surface area contributed by atoms with Gasteiger partial charge in [-0.2, -0.15) is 13.2 Å². The second-order valence-corrected chi connectivity index (χ2v) is 3.26. The standard InChI is InChI=1S/C7H8F4O3/c8-5(4(12)3-1-2-3)6(13,14)7(9,10)11/h3,5,13-14H,1-2H2. The molecule has 0 radical (unpaired) electrons. The number of alkyl halides is 4. The second-order valence-electron chi connectivity index (χ2n) is 3.26. The Hall–Kier alpha value is -0.690. The maximum Gasteiger partial charge on any atom is 0.446 e. The highest BCUT2D eigenvalue weighted by molar-refractivity contribution is 5.88. The van der Waals surface area contributed by atoms with Crippen LogP contribution < -0.4 is 0 Å². The lowest BCUT2D eigenvalue weighted by molar-refractivity contribution is -0.364. The van der Waals surface area contributed by atoms with E-state index < -0.39 is 29.8 Å². The van der Waals surface area contributed by atoms with Crippen LogP contribution in [-0.4, -0.2) is 34.1 Å². The number of halogens is 4. The van der Waals surface area contributed by atoms with E-state index in [0.29, 0.717) is 12.8 Å². The van der Waals surface area contributed by atoms with Gasteiger partial charge in [0, 0.05) is 5.92 Å². The number of Topliss-reactive ketones (excluding diaryl/α,β-unsaturated/α-hetero) is 1. The molecule has 0 aromatic rings. The lowest BCUT2D eigenvalue weighted by Crippen LogP contribution is -2.55. The Kier molecular flexibility index (Phi) is 2.57. The van der Waals surface area contributed by atoms with Crippen molar-refractivity contribution in [1.29, 1.82) is 0 Å². The summed E-state index contributed by atoms with van der Waals surface area (Å²) in [5.41, 5.74) is 0. The molecule has 0 aliphatic heterocycles. The van der Waals surface area contributed by atoms with Crippen molar-refractivity contribution in [2.75, 3.05) is 0 Å². The van der Waals surface area contributed by atoms with Gasteiger partial charge in [-0.1, -0.05) is 0 Å². The topological polar surface area (TPSA) is 57.5 Å². The van der Waals surface area contributed by atoms with E-state index in [1.807, 2.05) is 0 Å². The van der Waals surface area contributed by atoms with Crippen LogP contribution in [0.2, 0.25) is 0 Å². The van der Waals surface area contributed by atoms with Crippen molar-refractivity contribution in [1.82, 2.24) is 0 Å². The zero-order valence-electron chi connectivity index (χ0n) is 6.88. The summed E-state index contributed by atoms with van der Waals surface area (Å²) in [6, 6.07) is 0. The quantitative estimate of drug-likeness (QED) is 0.535. The molecule has 1 saturated carbocycles. The molecule has 3 nitrogen and oxygen atoms in total. The molecule has 14 heavy (non-hydrogen) atoms. The molecule has 1 unspecified atom stereocenters. The van der Waals surface area contributed by atoms with Crippen molar-refractivity contribution in [2.24, 2.45) is 5.92 Å². The summed E-state index contributed by atoms with van der Waals surface area (Å²) in [7, 11) is 0. The summed E-state index contributed by atoms with van der Waals surface area (Å²) in [6.45, 7) is 0. The molecule has 82 valence electrons. The summed E-state index contributed by atoms with van der Waals surface area (Å²) in [6.07, 6.45) is -8.30. The molecular weight excluding hydrogens is 208 g/mol. The van der Waals surface area contributed by atoms with Crippen molar-refractivity contribution in [3.63, 3.8) is 0 Å². The first-order chi connectivity index (χ1) is 6.18. The highest BCUT2D eigenvalue weighted by Crippen LogP contribution is 2.38. The molecule has 1 rings (SSSR count). The molecule has 2 N–H and O–H groups in total. The number of hydrogen-bond donors (Lipinski definition) is 2. The second kappa shape index (κ2) is 3.16. The predicted molar refractivity (Wildman–Crippen MR) is 35.9 cm³/mol. The third-order valence-electron chi connectivity index (χ3n) is 2.00. The van der Waals surface area contributed by atoms with E-state index in [1.54, 1.807) is 0 Å². The van der Waals surface area contributed by atoms with Crippen LogP contribution in [0.3, 0.4) is 0 Å². The van der Waals surface area contributed by atoms with Crippen molar-refractivity contribution in [2.45, 2.75) is 31.0 Å². The maximum atomic E-state index is 12.8. The number of hydrogen-bond acceptors (Lipinski definition) is 3. The first-order valence-electron chi connectivity index (χ1n) is 3.87. The minimum Gasteiger partial charge on any atom is -0.356 e. The number of carbonyl (C=O) groups is 1. The first kappa shape index (κ1) is 11.4. The summed E-state index contributed by atoms with van der Waals surface area (Å²) in [5, 5.41) is 16.8. The molecule has 0 heterocycles. The zero-order valence-corrected chi connectivity index (χ0v) is 6.88. The van der Waals surface area contributed by atoms with Crippen LogP contribution in [0.4, 0.5) is 17.6 Å².